The third kappa shape index (κ3) is 3.41. The summed E-state index contributed by atoms with van der Waals surface area (Å²) >= 11 is -0.265. The molecule has 29 heavy (non-hydrogen) atoms. The molecule has 148 valence electrons. The van der Waals surface area contributed by atoms with Gasteiger partial charge in [-0.25, -0.2) is 0 Å². The van der Waals surface area contributed by atoms with Gasteiger partial charge in [0.2, 0.25) is 0 Å². The van der Waals surface area contributed by atoms with Gasteiger partial charge in [0.1, 0.15) is 0 Å². The average molecular weight is 457 g/mol. The van der Waals surface area contributed by atoms with Crippen LogP contribution < -0.4 is 24.8 Å². The zero-order chi connectivity index (χ0) is 17.8. The number of allylic oxidation sites excluding steroid dienone is 2. The third-order valence-electron chi connectivity index (χ3n) is 7.32. The van der Waals surface area contributed by atoms with Crippen LogP contribution in [-0.4, -0.2) is 0 Å². The number of fused-ring (bicyclic) bond motifs is 6. The van der Waals surface area contributed by atoms with E-state index >= 15 is 0 Å². The summed E-state index contributed by atoms with van der Waals surface area (Å²) in [4.78, 5) is 0. The molecular formula is C26H26Cl2Ti. The molecule has 0 N–H and O–H groups in total. The van der Waals surface area contributed by atoms with Crippen LogP contribution in [0.5, 0.6) is 0 Å². The van der Waals surface area contributed by atoms with E-state index in [0.29, 0.717) is 0 Å². The van der Waals surface area contributed by atoms with Crippen molar-refractivity contribution >= 4 is 7.76 Å². The van der Waals surface area contributed by atoms with Crippen LogP contribution in [0, 0.1) is 0 Å². The standard InChI is InChI=1S/2C13H13.2ClH.Ti/c2*1-3-7-12-10(5-1)9-11-6-2-4-8-13(11)12;;;/h2*1,3,5,7,13H,2,4,6,8H2;2*1H;/q;;;;+2/p-2. The summed E-state index contributed by atoms with van der Waals surface area (Å²) in [6.07, 6.45) is 11.1. The molecule has 0 saturated heterocycles. The predicted molar refractivity (Wildman–Crippen MR) is 109 cm³/mol. The van der Waals surface area contributed by atoms with Crippen LogP contribution in [-0.2, 0) is 19.2 Å². The molecule has 2 atom stereocenters. The molecule has 0 amide bonds. The molecule has 4 aliphatic carbocycles. The maximum atomic E-state index is 2.43. The fourth-order valence-electron chi connectivity index (χ4n) is 6.13. The Hall–Kier alpha value is -0.786. The fourth-order valence-corrected chi connectivity index (χ4v) is 9.09. The average Bonchev–Trinajstić information content (AvgIpc) is 3.23. The molecule has 3 heteroatoms. The van der Waals surface area contributed by atoms with Gasteiger partial charge in [0.25, 0.3) is 0 Å². The van der Waals surface area contributed by atoms with Crippen LogP contribution in [0.3, 0.4) is 0 Å². The molecule has 2 unspecified atom stereocenters. The van der Waals surface area contributed by atoms with Crippen LogP contribution in [0.1, 0.15) is 85.5 Å². The zero-order valence-corrected chi connectivity index (χ0v) is 19.8. The molecule has 2 saturated carbocycles. The quantitative estimate of drug-likeness (QED) is 0.596. The predicted octanol–water partition coefficient (Wildman–Crippen LogP) is 1.24. The Morgan fingerprint density at radius 3 is 1.52 bits per heavy atom. The van der Waals surface area contributed by atoms with E-state index in [4.69, 9.17) is 0 Å². The Labute approximate surface area is 196 Å². The molecule has 0 aromatic heterocycles. The van der Waals surface area contributed by atoms with Crippen molar-refractivity contribution in [3.05, 3.63) is 81.9 Å². The van der Waals surface area contributed by atoms with Crippen LogP contribution in [0.4, 0.5) is 0 Å². The van der Waals surface area contributed by atoms with E-state index in [9.17, 15) is 0 Å². The second-order valence-electron chi connectivity index (χ2n) is 8.70. The first-order valence-electron chi connectivity index (χ1n) is 10.8. The van der Waals surface area contributed by atoms with Crippen molar-refractivity contribution in [1.82, 2.24) is 0 Å². The maximum absolute atomic E-state index is 2.43. The Morgan fingerprint density at radius 2 is 1.03 bits per heavy atom. The van der Waals surface area contributed by atoms with E-state index in [-0.39, 0.29) is 44.0 Å². The number of halogens is 2. The molecule has 0 spiro atoms. The Morgan fingerprint density at radius 1 is 0.586 bits per heavy atom. The molecular weight excluding hydrogens is 431 g/mol. The molecule has 6 rings (SSSR count). The first kappa shape index (κ1) is 21.4. The molecule has 4 aliphatic rings. The van der Waals surface area contributed by atoms with Gasteiger partial charge in [-0.05, 0) is 0 Å². The van der Waals surface area contributed by atoms with Crippen LogP contribution in [0.25, 0.3) is 7.76 Å². The van der Waals surface area contributed by atoms with Crippen molar-refractivity contribution in [3.8, 4) is 0 Å². The minimum atomic E-state index is -0.265. The van der Waals surface area contributed by atoms with E-state index in [1.54, 1.807) is 22.3 Å². The second-order valence-corrected chi connectivity index (χ2v) is 10.6. The summed E-state index contributed by atoms with van der Waals surface area (Å²) in [5.41, 5.74) is 10.2. The summed E-state index contributed by atoms with van der Waals surface area (Å²) in [5, 5.41) is 0. The topological polar surface area (TPSA) is 0 Å². The third-order valence-corrected chi connectivity index (χ3v) is 9.95. The second kappa shape index (κ2) is 8.76. The number of benzene rings is 2. The van der Waals surface area contributed by atoms with Crippen LogP contribution >= 0.6 is 0 Å². The van der Waals surface area contributed by atoms with Gasteiger partial charge in [0.05, 0.1) is 0 Å². The SMILES string of the molecule is [Cl-].[Cl-].c1ccc2c(c1)[C]([Ti+2][C]1=C3CCCCC3c3ccccc31)=C1CCCCC12. The van der Waals surface area contributed by atoms with Gasteiger partial charge in [0, 0.05) is 0 Å². The summed E-state index contributed by atoms with van der Waals surface area (Å²) < 4.78 is 3.64. The summed E-state index contributed by atoms with van der Waals surface area (Å²) in [7, 11) is 0. The van der Waals surface area contributed by atoms with Crippen molar-refractivity contribution in [3.63, 3.8) is 0 Å². The van der Waals surface area contributed by atoms with Gasteiger partial charge >= 0.3 is 172 Å². The molecule has 0 bridgehead atoms. The van der Waals surface area contributed by atoms with E-state index in [1.807, 2.05) is 18.9 Å². The number of rotatable bonds is 2. The summed E-state index contributed by atoms with van der Waals surface area (Å²) in [5.74, 6) is 1.50. The van der Waals surface area contributed by atoms with E-state index < -0.39 is 0 Å². The van der Waals surface area contributed by atoms with Gasteiger partial charge in [-0.1, -0.05) is 0 Å². The molecule has 2 aromatic carbocycles. The Bertz CT molecular complexity index is 908. The van der Waals surface area contributed by atoms with Crippen LogP contribution in [0.2, 0.25) is 0 Å². The van der Waals surface area contributed by atoms with Gasteiger partial charge in [-0.15, -0.1) is 0 Å². The minimum absolute atomic E-state index is 0. The molecule has 0 radical (unpaired) electrons. The van der Waals surface area contributed by atoms with E-state index in [1.165, 1.54) is 51.4 Å². The Kier molecular flexibility index (Phi) is 6.48. The first-order valence-corrected chi connectivity index (χ1v) is 12.4. The van der Waals surface area contributed by atoms with Gasteiger partial charge < -0.3 is 24.8 Å². The first-order chi connectivity index (χ1) is 13.4. The monoisotopic (exact) mass is 456 g/mol. The summed E-state index contributed by atoms with van der Waals surface area (Å²) in [6, 6.07) is 18.8. The van der Waals surface area contributed by atoms with Crippen molar-refractivity contribution in [2.24, 2.45) is 0 Å². The zero-order valence-electron chi connectivity index (χ0n) is 16.7. The molecule has 0 aliphatic heterocycles. The molecule has 0 heterocycles. The molecule has 2 aromatic rings. The normalized spacial score (nSPS) is 23.9. The van der Waals surface area contributed by atoms with Crippen molar-refractivity contribution in [2.45, 2.75) is 63.2 Å². The van der Waals surface area contributed by atoms with Crippen molar-refractivity contribution in [2.75, 3.05) is 0 Å². The van der Waals surface area contributed by atoms with Gasteiger partial charge in [-0.3, -0.25) is 0 Å². The fraction of sp³-hybridized carbons (Fsp3) is 0.385. The Balaban J connectivity index is 0.00000102. The van der Waals surface area contributed by atoms with Gasteiger partial charge in [-0.2, -0.15) is 0 Å². The molecule has 2 fully saturated rings. The van der Waals surface area contributed by atoms with E-state index in [0.717, 1.165) is 11.8 Å². The van der Waals surface area contributed by atoms with E-state index in [2.05, 4.69) is 48.5 Å². The molecule has 0 nitrogen and oxygen atoms in total. The van der Waals surface area contributed by atoms with Crippen LogP contribution in [0.15, 0.2) is 59.7 Å². The summed E-state index contributed by atoms with van der Waals surface area (Å²) in [6.45, 7) is 0. The van der Waals surface area contributed by atoms with Crippen molar-refractivity contribution < 1.29 is 44.0 Å². The van der Waals surface area contributed by atoms with Gasteiger partial charge in [0.15, 0.2) is 0 Å². The van der Waals surface area contributed by atoms with Crippen molar-refractivity contribution in [1.29, 1.82) is 0 Å². The number of hydrogen-bond donors (Lipinski definition) is 0. The number of hydrogen-bond acceptors (Lipinski definition) is 0.